The first-order chi connectivity index (χ1) is 8.43. The number of aryl methyl sites for hydroxylation is 1. The second-order valence-corrected chi connectivity index (χ2v) is 6.01. The molecule has 0 bridgehead atoms. The van der Waals surface area contributed by atoms with E-state index in [0.29, 0.717) is 0 Å². The van der Waals surface area contributed by atoms with E-state index in [9.17, 15) is 4.79 Å². The van der Waals surface area contributed by atoms with E-state index in [-0.39, 0.29) is 17.2 Å². The molecule has 0 saturated heterocycles. The van der Waals surface area contributed by atoms with Gasteiger partial charge in [0.2, 0.25) is 5.91 Å². The van der Waals surface area contributed by atoms with Crippen LogP contribution >= 0.6 is 11.8 Å². The number of hydrogen-bond donors (Lipinski definition) is 2. The minimum Gasteiger partial charge on any atom is -0.399 e. The molecule has 0 spiro atoms. The zero-order chi connectivity index (χ0) is 13.7. The Hall–Kier alpha value is -1.16. The number of carbonyl (C=O) groups is 1. The lowest BCUT2D eigenvalue weighted by molar-refractivity contribution is -0.120. The van der Waals surface area contributed by atoms with Gasteiger partial charge >= 0.3 is 0 Å². The van der Waals surface area contributed by atoms with Crippen LogP contribution in [-0.4, -0.2) is 17.2 Å². The van der Waals surface area contributed by atoms with Gasteiger partial charge in [-0.25, -0.2) is 0 Å². The van der Waals surface area contributed by atoms with E-state index in [1.165, 1.54) is 0 Å². The van der Waals surface area contributed by atoms with Crippen LogP contribution in [0.4, 0.5) is 5.69 Å². The summed E-state index contributed by atoms with van der Waals surface area (Å²) in [6.07, 6.45) is 0.949. The molecule has 0 aromatic heterocycles. The minimum absolute atomic E-state index is 0.0869. The van der Waals surface area contributed by atoms with Crippen molar-refractivity contribution in [3.63, 3.8) is 0 Å². The molecule has 2 atom stereocenters. The van der Waals surface area contributed by atoms with Gasteiger partial charge in [0.25, 0.3) is 0 Å². The Bertz CT molecular complexity index is 420. The summed E-state index contributed by atoms with van der Waals surface area (Å²) in [4.78, 5) is 13.0. The van der Waals surface area contributed by atoms with E-state index in [1.54, 1.807) is 11.8 Å². The molecule has 0 radical (unpaired) electrons. The fraction of sp³-hybridized carbons (Fsp3) is 0.500. The number of thioether (sulfide) groups is 1. The highest BCUT2D eigenvalue weighted by Crippen LogP contribution is 2.26. The third-order valence-corrected chi connectivity index (χ3v) is 4.02. The molecule has 3 N–H and O–H groups in total. The maximum atomic E-state index is 11.9. The summed E-state index contributed by atoms with van der Waals surface area (Å²) >= 11 is 1.56. The lowest BCUT2D eigenvalue weighted by atomic mass is 10.2. The third-order valence-electron chi connectivity index (χ3n) is 2.92. The van der Waals surface area contributed by atoms with Gasteiger partial charge in [-0.1, -0.05) is 6.92 Å². The normalized spacial score (nSPS) is 14.0. The Kier molecular flexibility index (Phi) is 5.54. The molecular formula is C14H22N2OS. The first-order valence-electron chi connectivity index (χ1n) is 6.27. The Morgan fingerprint density at radius 2 is 2.11 bits per heavy atom. The van der Waals surface area contributed by atoms with Gasteiger partial charge in [-0.2, -0.15) is 0 Å². The Morgan fingerprint density at radius 3 is 2.67 bits per heavy atom. The number of nitrogen functional groups attached to an aromatic ring is 1. The number of hydrogen-bond acceptors (Lipinski definition) is 3. The summed E-state index contributed by atoms with van der Waals surface area (Å²) < 4.78 is 0. The van der Waals surface area contributed by atoms with Crippen LogP contribution in [0.15, 0.2) is 23.1 Å². The van der Waals surface area contributed by atoms with Crippen molar-refractivity contribution in [1.82, 2.24) is 5.32 Å². The van der Waals surface area contributed by atoms with Crippen molar-refractivity contribution in [1.29, 1.82) is 0 Å². The van der Waals surface area contributed by atoms with Crippen LogP contribution in [0, 0.1) is 6.92 Å². The molecule has 1 aromatic rings. The van der Waals surface area contributed by atoms with Gasteiger partial charge in [-0.3, -0.25) is 4.79 Å². The largest absolute Gasteiger partial charge is 0.399 e. The van der Waals surface area contributed by atoms with Gasteiger partial charge in [-0.05, 0) is 51.0 Å². The highest BCUT2D eigenvalue weighted by atomic mass is 32.2. The predicted octanol–water partition coefficient (Wildman–Crippen LogP) is 2.97. The zero-order valence-corrected chi connectivity index (χ0v) is 12.3. The molecule has 3 nitrogen and oxygen atoms in total. The first-order valence-corrected chi connectivity index (χ1v) is 7.15. The summed E-state index contributed by atoms with van der Waals surface area (Å²) in [7, 11) is 0. The van der Waals surface area contributed by atoms with Crippen molar-refractivity contribution in [2.24, 2.45) is 0 Å². The summed E-state index contributed by atoms with van der Waals surface area (Å²) in [5.41, 5.74) is 7.61. The summed E-state index contributed by atoms with van der Waals surface area (Å²) in [6, 6.07) is 6.10. The molecule has 4 heteroatoms. The molecule has 0 aliphatic heterocycles. The zero-order valence-electron chi connectivity index (χ0n) is 11.5. The summed E-state index contributed by atoms with van der Waals surface area (Å²) in [5.74, 6) is 0.0869. The second kappa shape index (κ2) is 6.69. The number of nitrogens with one attached hydrogen (secondary N) is 1. The molecule has 1 rings (SSSR count). The maximum Gasteiger partial charge on any atom is 0.233 e. The predicted molar refractivity (Wildman–Crippen MR) is 78.8 cm³/mol. The standard InChI is InChI=1S/C14H22N2OS/c1-5-10(3)16-14(17)11(4)18-12-6-7-13(15)9(2)8-12/h6-8,10-11H,5,15H2,1-4H3,(H,16,17). The topological polar surface area (TPSA) is 55.1 Å². The number of benzene rings is 1. The number of rotatable bonds is 5. The molecule has 1 aromatic carbocycles. The van der Waals surface area contributed by atoms with E-state index in [2.05, 4.69) is 12.2 Å². The first kappa shape index (κ1) is 14.9. The molecule has 0 saturated carbocycles. The van der Waals surface area contributed by atoms with Crippen molar-refractivity contribution in [2.45, 2.75) is 50.3 Å². The van der Waals surface area contributed by atoms with Gasteiger partial charge in [0.05, 0.1) is 5.25 Å². The van der Waals surface area contributed by atoms with Crippen LogP contribution < -0.4 is 11.1 Å². The lowest BCUT2D eigenvalue weighted by Crippen LogP contribution is -2.37. The monoisotopic (exact) mass is 266 g/mol. The van der Waals surface area contributed by atoms with Crippen molar-refractivity contribution >= 4 is 23.4 Å². The Morgan fingerprint density at radius 1 is 1.44 bits per heavy atom. The SMILES string of the molecule is CCC(C)NC(=O)C(C)Sc1ccc(N)c(C)c1. The Labute approximate surface area is 114 Å². The van der Waals surface area contributed by atoms with E-state index in [4.69, 9.17) is 5.73 Å². The molecule has 2 unspecified atom stereocenters. The minimum atomic E-state index is -0.0953. The van der Waals surface area contributed by atoms with Gasteiger partial charge in [0.15, 0.2) is 0 Å². The maximum absolute atomic E-state index is 11.9. The summed E-state index contributed by atoms with van der Waals surface area (Å²) in [6.45, 7) is 7.98. The average molecular weight is 266 g/mol. The fourth-order valence-electron chi connectivity index (χ4n) is 1.44. The molecule has 0 heterocycles. The number of nitrogens with two attached hydrogens (primary N) is 1. The van der Waals surface area contributed by atoms with E-state index < -0.39 is 0 Å². The highest BCUT2D eigenvalue weighted by molar-refractivity contribution is 8.00. The molecular weight excluding hydrogens is 244 g/mol. The Balaban J connectivity index is 2.60. The van der Waals surface area contributed by atoms with Crippen LogP contribution in [0.2, 0.25) is 0 Å². The molecule has 0 fully saturated rings. The van der Waals surface area contributed by atoms with Gasteiger partial charge in [0, 0.05) is 16.6 Å². The average Bonchev–Trinajstić information content (AvgIpc) is 2.33. The molecule has 0 aliphatic rings. The highest BCUT2D eigenvalue weighted by Gasteiger charge is 2.15. The van der Waals surface area contributed by atoms with Crippen molar-refractivity contribution < 1.29 is 4.79 Å². The molecule has 0 aliphatic carbocycles. The van der Waals surface area contributed by atoms with Gasteiger partial charge < -0.3 is 11.1 Å². The molecule has 100 valence electrons. The second-order valence-electron chi connectivity index (χ2n) is 4.60. The number of anilines is 1. The van der Waals surface area contributed by atoms with Gasteiger partial charge in [0.1, 0.15) is 0 Å². The molecule has 1 amide bonds. The van der Waals surface area contributed by atoms with Crippen LogP contribution in [0.5, 0.6) is 0 Å². The van der Waals surface area contributed by atoms with Crippen LogP contribution in [-0.2, 0) is 4.79 Å². The van der Waals surface area contributed by atoms with E-state index >= 15 is 0 Å². The van der Waals surface area contributed by atoms with E-state index in [0.717, 1.165) is 22.6 Å². The van der Waals surface area contributed by atoms with Crippen molar-refractivity contribution in [3.8, 4) is 0 Å². The number of amides is 1. The smallest absolute Gasteiger partial charge is 0.233 e. The summed E-state index contributed by atoms with van der Waals surface area (Å²) in [5, 5.41) is 2.90. The van der Waals surface area contributed by atoms with Crippen LogP contribution in [0.3, 0.4) is 0 Å². The van der Waals surface area contributed by atoms with E-state index in [1.807, 2.05) is 39.0 Å². The van der Waals surface area contributed by atoms with Gasteiger partial charge in [-0.15, -0.1) is 11.8 Å². The molecule has 18 heavy (non-hydrogen) atoms. The lowest BCUT2D eigenvalue weighted by Gasteiger charge is -2.16. The van der Waals surface area contributed by atoms with Crippen LogP contribution in [0.1, 0.15) is 32.8 Å². The quantitative estimate of drug-likeness (QED) is 0.636. The number of carbonyl (C=O) groups excluding carboxylic acids is 1. The fourth-order valence-corrected chi connectivity index (χ4v) is 2.42. The third kappa shape index (κ3) is 4.26. The van der Waals surface area contributed by atoms with Crippen LogP contribution in [0.25, 0.3) is 0 Å². The van der Waals surface area contributed by atoms with Crippen molar-refractivity contribution in [2.75, 3.05) is 5.73 Å². The van der Waals surface area contributed by atoms with Crippen molar-refractivity contribution in [3.05, 3.63) is 23.8 Å².